The van der Waals surface area contributed by atoms with Gasteiger partial charge in [0, 0.05) is 24.3 Å². The number of rotatable bonds is 14. The summed E-state index contributed by atoms with van der Waals surface area (Å²) in [7, 11) is 0. The van der Waals surface area contributed by atoms with Crippen molar-refractivity contribution in [2.45, 2.75) is 86.0 Å². The summed E-state index contributed by atoms with van der Waals surface area (Å²) in [4.78, 5) is 7.59. The highest BCUT2D eigenvalue weighted by atomic mass is 32.1. The van der Waals surface area contributed by atoms with Crippen molar-refractivity contribution in [3.8, 4) is 10.6 Å². The zero-order valence-electron chi connectivity index (χ0n) is 21.6. The zero-order valence-corrected chi connectivity index (χ0v) is 22.4. The third-order valence-electron chi connectivity index (χ3n) is 7.07. The number of aromatic nitrogens is 1. The van der Waals surface area contributed by atoms with Gasteiger partial charge in [-0.05, 0) is 73.6 Å². The molecular weight excluding hydrogens is 420 g/mol. The van der Waals surface area contributed by atoms with Gasteiger partial charge in [0.05, 0.1) is 10.2 Å². The molecule has 0 aliphatic carbocycles. The fourth-order valence-corrected chi connectivity index (χ4v) is 5.78. The van der Waals surface area contributed by atoms with E-state index in [0.717, 1.165) is 22.4 Å². The van der Waals surface area contributed by atoms with Crippen LogP contribution < -0.4 is 4.90 Å². The van der Waals surface area contributed by atoms with Crippen LogP contribution in [0.5, 0.6) is 0 Å². The summed E-state index contributed by atoms with van der Waals surface area (Å²) >= 11 is 1.80. The molecule has 3 heteroatoms. The molecule has 0 N–H and O–H groups in total. The molecule has 0 spiro atoms. The molecule has 0 fully saturated rings. The smallest absolute Gasteiger partial charge is 0.124 e. The highest BCUT2D eigenvalue weighted by Crippen LogP contribution is 2.32. The van der Waals surface area contributed by atoms with Gasteiger partial charge in [0.1, 0.15) is 5.01 Å². The number of hydrogen-bond acceptors (Lipinski definition) is 3. The predicted molar refractivity (Wildman–Crippen MR) is 149 cm³/mol. The largest absolute Gasteiger partial charge is 0.371 e. The quantitative estimate of drug-likeness (QED) is 0.236. The second-order valence-corrected chi connectivity index (χ2v) is 10.8. The molecule has 2 aromatic carbocycles. The van der Waals surface area contributed by atoms with E-state index in [1.54, 1.807) is 11.3 Å². The van der Waals surface area contributed by atoms with Crippen LogP contribution in [0.4, 0.5) is 5.69 Å². The van der Waals surface area contributed by atoms with Crippen LogP contribution in [0, 0.1) is 18.8 Å². The minimum atomic E-state index is 0.779. The van der Waals surface area contributed by atoms with Crippen molar-refractivity contribution in [1.29, 1.82) is 0 Å². The number of unbranched alkanes of at least 4 members (excludes halogenated alkanes) is 2. The van der Waals surface area contributed by atoms with E-state index in [9.17, 15) is 0 Å². The van der Waals surface area contributed by atoms with Gasteiger partial charge in [-0.2, -0.15) is 0 Å². The molecule has 0 aliphatic rings. The third-order valence-corrected chi connectivity index (χ3v) is 8.13. The van der Waals surface area contributed by atoms with Crippen LogP contribution in [0.2, 0.25) is 0 Å². The average molecular weight is 465 g/mol. The van der Waals surface area contributed by atoms with Crippen LogP contribution in [-0.4, -0.2) is 18.1 Å². The Kier molecular flexibility index (Phi) is 10.2. The van der Waals surface area contributed by atoms with E-state index in [1.807, 2.05) is 0 Å². The molecule has 0 aliphatic heterocycles. The summed E-state index contributed by atoms with van der Waals surface area (Å²) in [5, 5.41) is 1.12. The molecule has 3 rings (SSSR count). The molecule has 0 radical (unpaired) electrons. The van der Waals surface area contributed by atoms with E-state index < -0.39 is 0 Å². The van der Waals surface area contributed by atoms with Crippen LogP contribution in [0.15, 0.2) is 42.5 Å². The van der Waals surface area contributed by atoms with Crippen LogP contribution >= 0.6 is 11.3 Å². The van der Waals surface area contributed by atoms with Crippen molar-refractivity contribution in [3.63, 3.8) is 0 Å². The van der Waals surface area contributed by atoms with E-state index in [0.29, 0.717) is 0 Å². The van der Waals surface area contributed by atoms with Crippen LogP contribution in [0.1, 0.15) is 84.6 Å². The highest BCUT2D eigenvalue weighted by molar-refractivity contribution is 7.21. The molecule has 33 heavy (non-hydrogen) atoms. The van der Waals surface area contributed by atoms with Crippen molar-refractivity contribution in [2.75, 3.05) is 18.0 Å². The van der Waals surface area contributed by atoms with Crippen molar-refractivity contribution in [2.24, 2.45) is 11.8 Å². The molecule has 0 bridgehead atoms. The summed E-state index contributed by atoms with van der Waals surface area (Å²) < 4.78 is 1.28. The van der Waals surface area contributed by atoms with Gasteiger partial charge in [-0.25, -0.2) is 4.98 Å². The number of thiazole rings is 1. The SMILES string of the molecule is CCCCC(CC)CN(CC(CC)CCCC)c1ccc(-c2nc3ccc(C)cc3s2)cc1. The predicted octanol–water partition coefficient (Wildman–Crippen LogP) is 9.51. The Balaban J connectivity index is 1.81. The molecule has 0 amide bonds. The van der Waals surface area contributed by atoms with Crippen molar-refractivity contribution >= 4 is 27.2 Å². The van der Waals surface area contributed by atoms with E-state index in [4.69, 9.17) is 4.98 Å². The van der Waals surface area contributed by atoms with Crippen LogP contribution in [-0.2, 0) is 0 Å². The molecule has 3 aromatic rings. The molecule has 2 nitrogen and oxygen atoms in total. The average Bonchev–Trinajstić information content (AvgIpc) is 3.26. The lowest BCUT2D eigenvalue weighted by Crippen LogP contribution is -2.34. The standard InChI is InChI=1S/C30H44N2S/c1-6-10-12-24(8-3)21-32(22-25(9-4)13-11-7-2)27-17-15-26(16-18-27)30-31-28-19-14-23(5)20-29(28)33-30/h14-20,24-25H,6-13,21-22H2,1-5H3. The van der Waals surface area contributed by atoms with Crippen molar-refractivity contribution < 1.29 is 0 Å². The Morgan fingerprint density at radius 1 is 0.818 bits per heavy atom. The minimum absolute atomic E-state index is 0.779. The van der Waals surface area contributed by atoms with Crippen molar-refractivity contribution in [3.05, 3.63) is 48.0 Å². The Hall–Kier alpha value is -1.87. The molecule has 2 unspecified atom stereocenters. The first-order valence-corrected chi connectivity index (χ1v) is 14.1. The Labute approximate surface area is 206 Å². The minimum Gasteiger partial charge on any atom is -0.371 e. The van der Waals surface area contributed by atoms with Crippen LogP contribution in [0.25, 0.3) is 20.8 Å². The number of aryl methyl sites for hydroxylation is 1. The second kappa shape index (κ2) is 13.1. The number of fused-ring (bicyclic) bond motifs is 1. The maximum atomic E-state index is 4.89. The second-order valence-electron chi connectivity index (χ2n) is 9.78. The van der Waals surface area contributed by atoms with Gasteiger partial charge >= 0.3 is 0 Å². The van der Waals surface area contributed by atoms with E-state index >= 15 is 0 Å². The maximum absolute atomic E-state index is 4.89. The van der Waals surface area contributed by atoms with Gasteiger partial charge in [-0.1, -0.05) is 72.3 Å². The first-order chi connectivity index (χ1) is 16.1. The van der Waals surface area contributed by atoms with Gasteiger partial charge in [0.25, 0.3) is 0 Å². The van der Waals surface area contributed by atoms with Gasteiger partial charge < -0.3 is 4.90 Å². The molecule has 2 atom stereocenters. The summed E-state index contributed by atoms with van der Waals surface area (Å²) in [6, 6.07) is 15.8. The van der Waals surface area contributed by atoms with Crippen LogP contribution in [0.3, 0.4) is 0 Å². The normalized spacial score (nSPS) is 13.4. The molecule has 0 saturated carbocycles. The molecule has 180 valence electrons. The lowest BCUT2D eigenvalue weighted by atomic mass is 9.95. The maximum Gasteiger partial charge on any atom is 0.124 e. The topological polar surface area (TPSA) is 16.1 Å². The fraction of sp³-hybridized carbons (Fsp3) is 0.567. The number of benzene rings is 2. The lowest BCUT2D eigenvalue weighted by Gasteiger charge is -2.32. The van der Waals surface area contributed by atoms with Gasteiger partial charge in [0.15, 0.2) is 0 Å². The molecule has 1 aromatic heterocycles. The third kappa shape index (κ3) is 7.30. The zero-order chi connectivity index (χ0) is 23.6. The fourth-order valence-electron chi connectivity index (χ4n) is 4.71. The summed E-state index contributed by atoms with van der Waals surface area (Å²) in [5.74, 6) is 1.56. The van der Waals surface area contributed by atoms with Gasteiger partial charge in [-0.3, -0.25) is 0 Å². The highest BCUT2D eigenvalue weighted by Gasteiger charge is 2.18. The summed E-state index contributed by atoms with van der Waals surface area (Å²) in [5.41, 5.74) is 5.01. The van der Waals surface area contributed by atoms with Crippen molar-refractivity contribution in [1.82, 2.24) is 4.98 Å². The molecular formula is C30H44N2S. The monoisotopic (exact) mass is 464 g/mol. The molecule has 0 saturated heterocycles. The Morgan fingerprint density at radius 2 is 1.42 bits per heavy atom. The van der Waals surface area contributed by atoms with Gasteiger partial charge in [-0.15, -0.1) is 11.3 Å². The first-order valence-electron chi connectivity index (χ1n) is 13.3. The first kappa shape index (κ1) is 25.7. The number of hydrogen-bond donors (Lipinski definition) is 0. The Bertz CT molecular complexity index is 941. The lowest BCUT2D eigenvalue weighted by molar-refractivity contribution is 0.403. The summed E-state index contributed by atoms with van der Waals surface area (Å²) in [6.07, 6.45) is 10.5. The van der Waals surface area contributed by atoms with Gasteiger partial charge in [0.2, 0.25) is 0 Å². The van der Waals surface area contributed by atoms with E-state index in [2.05, 4.69) is 82.0 Å². The van der Waals surface area contributed by atoms with E-state index in [1.165, 1.54) is 86.0 Å². The number of anilines is 1. The Morgan fingerprint density at radius 3 is 1.97 bits per heavy atom. The number of nitrogens with zero attached hydrogens (tertiary/aromatic N) is 2. The molecule has 1 heterocycles. The van der Waals surface area contributed by atoms with E-state index in [-0.39, 0.29) is 0 Å². The summed E-state index contributed by atoms with van der Waals surface area (Å²) in [6.45, 7) is 13.9.